The maximum atomic E-state index is 13.2. The Kier molecular flexibility index (Phi) is 3.96. The first-order chi connectivity index (χ1) is 12.1. The lowest BCUT2D eigenvalue weighted by molar-refractivity contribution is 0.0984. The first-order valence-electron chi connectivity index (χ1n) is 8.17. The van der Waals surface area contributed by atoms with Crippen LogP contribution in [0.15, 0.2) is 24.3 Å². The summed E-state index contributed by atoms with van der Waals surface area (Å²) in [5.41, 5.74) is 3.65. The number of hydrogen-bond donors (Lipinski definition) is 0. The largest absolute Gasteiger partial charge is 0.495 e. The summed E-state index contributed by atoms with van der Waals surface area (Å²) >= 11 is 6.24. The molecule has 0 atom stereocenters. The lowest BCUT2D eigenvalue weighted by Crippen LogP contribution is -2.36. The lowest BCUT2D eigenvalue weighted by atomic mass is 9.95. The van der Waals surface area contributed by atoms with Crippen molar-refractivity contribution >= 4 is 23.2 Å². The van der Waals surface area contributed by atoms with E-state index in [1.54, 1.807) is 24.1 Å². The van der Waals surface area contributed by atoms with Crippen LogP contribution in [0.25, 0.3) is 0 Å². The number of rotatable bonds is 2. The van der Waals surface area contributed by atoms with Crippen molar-refractivity contribution in [3.63, 3.8) is 0 Å². The number of carbonyl (C=O) groups is 1. The molecule has 2 heterocycles. The number of halogens is 1. The average Bonchev–Trinajstić information content (AvgIpc) is 3.10. The summed E-state index contributed by atoms with van der Waals surface area (Å²) < 4.78 is 16.2. The van der Waals surface area contributed by atoms with E-state index < -0.39 is 0 Å². The second kappa shape index (κ2) is 6.15. The normalized spacial score (nSPS) is 15.1. The van der Waals surface area contributed by atoms with Gasteiger partial charge in [-0.3, -0.25) is 4.79 Å². The zero-order chi connectivity index (χ0) is 17.6. The van der Waals surface area contributed by atoms with Gasteiger partial charge in [-0.1, -0.05) is 17.7 Å². The average molecular weight is 360 g/mol. The molecule has 2 aliphatic heterocycles. The van der Waals surface area contributed by atoms with Crippen molar-refractivity contribution in [2.75, 3.05) is 25.3 Å². The maximum absolute atomic E-state index is 13.2. The predicted octanol–water partition coefficient (Wildman–Crippen LogP) is 3.98. The molecule has 0 unspecified atom stereocenters. The third-order valence-electron chi connectivity index (χ3n) is 4.70. The van der Waals surface area contributed by atoms with Crippen LogP contribution in [0.2, 0.25) is 5.02 Å². The van der Waals surface area contributed by atoms with E-state index in [4.69, 9.17) is 25.8 Å². The Balaban J connectivity index is 1.79. The van der Waals surface area contributed by atoms with Crippen molar-refractivity contribution in [3.8, 4) is 17.2 Å². The van der Waals surface area contributed by atoms with E-state index in [1.165, 1.54) is 0 Å². The molecule has 0 bridgehead atoms. The number of benzene rings is 2. The molecule has 0 spiro atoms. The van der Waals surface area contributed by atoms with Gasteiger partial charge in [0.2, 0.25) is 6.79 Å². The SMILES string of the molecule is COc1ccc(C)c2c1N(C(=O)c1cc(Cl)c3c(c1)OCO3)CCC2. The highest BCUT2D eigenvalue weighted by Crippen LogP contribution is 2.42. The summed E-state index contributed by atoms with van der Waals surface area (Å²) in [6.45, 7) is 2.81. The summed E-state index contributed by atoms with van der Waals surface area (Å²) in [5.74, 6) is 1.58. The number of ether oxygens (including phenoxy) is 3. The molecule has 0 saturated heterocycles. The van der Waals surface area contributed by atoms with Crippen molar-refractivity contribution in [2.24, 2.45) is 0 Å². The summed E-state index contributed by atoms with van der Waals surface area (Å²) in [4.78, 5) is 15.0. The van der Waals surface area contributed by atoms with Crippen LogP contribution in [0.5, 0.6) is 17.2 Å². The van der Waals surface area contributed by atoms with Gasteiger partial charge in [0.15, 0.2) is 11.5 Å². The Labute approximate surface area is 151 Å². The summed E-state index contributed by atoms with van der Waals surface area (Å²) in [6.07, 6.45) is 1.84. The number of methoxy groups -OCH3 is 1. The Hall–Kier alpha value is -2.40. The van der Waals surface area contributed by atoms with Crippen LogP contribution in [0, 0.1) is 6.92 Å². The molecule has 25 heavy (non-hydrogen) atoms. The van der Waals surface area contributed by atoms with Gasteiger partial charge in [0, 0.05) is 12.1 Å². The third-order valence-corrected chi connectivity index (χ3v) is 4.98. The molecule has 5 nitrogen and oxygen atoms in total. The maximum Gasteiger partial charge on any atom is 0.258 e. The first-order valence-corrected chi connectivity index (χ1v) is 8.55. The number of hydrogen-bond acceptors (Lipinski definition) is 4. The van der Waals surface area contributed by atoms with Crippen molar-refractivity contribution in [3.05, 3.63) is 46.0 Å². The summed E-state index contributed by atoms with van der Waals surface area (Å²) in [6, 6.07) is 7.26. The Bertz CT molecular complexity index is 865. The second-order valence-electron chi connectivity index (χ2n) is 6.16. The number of carbonyl (C=O) groups excluding carboxylic acids is 1. The van der Waals surface area contributed by atoms with E-state index in [-0.39, 0.29) is 12.7 Å². The highest BCUT2D eigenvalue weighted by Gasteiger charge is 2.29. The quantitative estimate of drug-likeness (QED) is 0.813. The monoisotopic (exact) mass is 359 g/mol. The van der Waals surface area contributed by atoms with Crippen LogP contribution < -0.4 is 19.1 Å². The topological polar surface area (TPSA) is 48.0 Å². The summed E-state index contributed by atoms with van der Waals surface area (Å²) in [5, 5.41) is 0.381. The van der Waals surface area contributed by atoms with Gasteiger partial charge in [-0.15, -0.1) is 0 Å². The van der Waals surface area contributed by atoms with Crippen molar-refractivity contribution in [1.82, 2.24) is 0 Å². The van der Waals surface area contributed by atoms with Crippen LogP contribution in [0.4, 0.5) is 5.69 Å². The highest BCUT2D eigenvalue weighted by atomic mass is 35.5. The molecular weight excluding hydrogens is 342 g/mol. The molecule has 2 aromatic rings. The van der Waals surface area contributed by atoms with Crippen molar-refractivity contribution < 1.29 is 19.0 Å². The third kappa shape index (κ3) is 2.59. The molecule has 0 saturated carbocycles. The minimum absolute atomic E-state index is 0.117. The van der Waals surface area contributed by atoms with E-state index >= 15 is 0 Å². The number of amides is 1. The van der Waals surface area contributed by atoms with Gasteiger partial charge in [-0.2, -0.15) is 0 Å². The van der Waals surface area contributed by atoms with Crippen LogP contribution in [0.3, 0.4) is 0 Å². The predicted molar refractivity (Wildman–Crippen MR) is 95.3 cm³/mol. The van der Waals surface area contributed by atoms with Crippen LogP contribution in [0.1, 0.15) is 27.9 Å². The van der Waals surface area contributed by atoms with E-state index in [0.717, 1.165) is 29.7 Å². The van der Waals surface area contributed by atoms with Crippen LogP contribution in [-0.4, -0.2) is 26.4 Å². The number of fused-ring (bicyclic) bond motifs is 2. The molecule has 0 radical (unpaired) electrons. The van der Waals surface area contributed by atoms with Gasteiger partial charge in [0.1, 0.15) is 5.75 Å². The fraction of sp³-hybridized carbons (Fsp3) is 0.316. The van der Waals surface area contributed by atoms with Gasteiger partial charge in [-0.25, -0.2) is 0 Å². The molecule has 2 aliphatic rings. The fourth-order valence-corrected chi connectivity index (χ4v) is 3.73. The summed E-state index contributed by atoms with van der Waals surface area (Å²) in [7, 11) is 1.62. The molecule has 4 rings (SSSR count). The van der Waals surface area contributed by atoms with Gasteiger partial charge in [0.05, 0.1) is 17.8 Å². The zero-order valence-electron chi connectivity index (χ0n) is 14.1. The lowest BCUT2D eigenvalue weighted by Gasteiger charge is -2.32. The molecular formula is C19H18ClNO4. The standard InChI is InChI=1S/C19H18ClNO4/c1-11-5-6-15(23-2)17-13(11)4-3-7-21(17)19(22)12-8-14(20)18-16(9-12)24-10-25-18/h5-6,8-9H,3-4,7,10H2,1-2H3. The minimum Gasteiger partial charge on any atom is -0.495 e. The van der Waals surface area contributed by atoms with Gasteiger partial charge < -0.3 is 19.1 Å². The molecule has 6 heteroatoms. The number of aryl methyl sites for hydroxylation is 1. The highest BCUT2D eigenvalue weighted by molar-refractivity contribution is 6.33. The first kappa shape index (κ1) is 16.1. The van der Waals surface area contributed by atoms with Crippen molar-refractivity contribution in [1.29, 1.82) is 0 Å². The van der Waals surface area contributed by atoms with Gasteiger partial charge in [-0.05, 0) is 49.1 Å². The van der Waals surface area contributed by atoms with Crippen LogP contribution in [-0.2, 0) is 6.42 Å². The van der Waals surface area contributed by atoms with E-state index in [1.807, 2.05) is 12.1 Å². The minimum atomic E-state index is -0.120. The molecule has 0 aromatic heterocycles. The number of anilines is 1. The van der Waals surface area contributed by atoms with E-state index in [9.17, 15) is 4.79 Å². The molecule has 0 aliphatic carbocycles. The Morgan fingerprint density at radius 2 is 2.12 bits per heavy atom. The molecule has 130 valence electrons. The molecule has 0 N–H and O–H groups in total. The number of nitrogens with zero attached hydrogens (tertiary/aromatic N) is 1. The zero-order valence-corrected chi connectivity index (χ0v) is 14.9. The Morgan fingerprint density at radius 1 is 1.28 bits per heavy atom. The van der Waals surface area contributed by atoms with E-state index in [2.05, 4.69) is 6.92 Å². The Morgan fingerprint density at radius 3 is 2.92 bits per heavy atom. The molecule has 0 fully saturated rings. The van der Waals surface area contributed by atoms with E-state index in [0.29, 0.717) is 34.4 Å². The molecule has 1 amide bonds. The second-order valence-corrected chi connectivity index (χ2v) is 6.57. The molecule has 2 aromatic carbocycles. The van der Waals surface area contributed by atoms with Crippen LogP contribution >= 0.6 is 11.6 Å². The van der Waals surface area contributed by atoms with Gasteiger partial charge >= 0.3 is 0 Å². The fourth-order valence-electron chi connectivity index (χ4n) is 3.47. The van der Waals surface area contributed by atoms with Crippen molar-refractivity contribution in [2.45, 2.75) is 19.8 Å². The van der Waals surface area contributed by atoms with Gasteiger partial charge in [0.25, 0.3) is 5.91 Å². The smallest absolute Gasteiger partial charge is 0.258 e.